The van der Waals surface area contributed by atoms with Gasteiger partial charge in [-0.25, -0.2) is 4.79 Å². The van der Waals surface area contributed by atoms with Gasteiger partial charge in [-0.1, -0.05) is 12.8 Å². The third-order valence-electron chi connectivity index (χ3n) is 2.81. The lowest BCUT2D eigenvalue weighted by Crippen LogP contribution is -2.23. The van der Waals surface area contributed by atoms with Gasteiger partial charge in [0.2, 0.25) is 0 Å². The lowest BCUT2D eigenvalue weighted by Gasteiger charge is -2.02. The van der Waals surface area contributed by atoms with Crippen LogP contribution in [-0.2, 0) is 0 Å². The second-order valence-electron chi connectivity index (χ2n) is 4.31. The first kappa shape index (κ1) is 12.1. The third kappa shape index (κ3) is 3.56. The van der Waals surface area contributed by atoms with E-state index < -0.39 is 5.97 Å². The summed E-state index contributed by atoms with van der Waals surface area (Å²) < 4.78 is 0. The summed E-state index contributed by atoms with van der Waals surface area (Å²) in [7, 11) is 0. The molecule has 5 heteroatoms. The number of thiophene rings is 1. The van der Waals surface area contributed by atoms with Gasteiger partial charge in [0, 0.05) is 6.54 Å². The third-order valence-corrected chi connectivity index (χ3v) is 3.88. The number of carbonyl (C=O) groups excluding carboxylic acids is 1. The average molecular weight is 253 g/mol. The summed E-state index contributed by atoms with van der Waals surface area (Å²) in [6.07, 6.45) is 4.86. The van der Waals surface area contributed by atoms with Crippen molar-refractivity contribution in [1.29, 1.82) is 0 Å². The topological polar surface area (TPSA) is 66.4 Å². The molecule has 1 saturated carbocycles. The van der Waals surface area contributed by atoms with Crippen LogP contribution in [0.15, 0.2) is 12.1 Å². The lowest BCUT2D eigenvalue weighted by atomic mass is 10.2. The summed E-state index contributed by atoms with van der Waals surface area (Å²) in [5.41, 5.74) is 0. The van der Waals surface area contributed by atoms with E-state index in [1.54, 1.807) is 6.07 Å². The predicted molar refractivity (Wildman–Crippen MR) is 65.6 cm³/mol. The van der Waals surface area contributed by atoms with Gasteiger partial charge in [-0.05, 0) is 30.9 Å². The van der Waals surface area contributed by atoms with Gasteiger partial charge in [0.1, 0.15) is 4.88 Å². The van der Waals surface area contributed by atoms with Crippen molar-refractivity contribution in [3.05, 3.63) is 21.9 Å². The fourth-order valence-corrected chi connectivity index (χ4v) is 2.42. The fraction of sp³-hybridized carbons (Fsp3) is 0.500. The smallest absolute Gasteiger partial charge is 0.345 e. The van der Waals surface area contributed by atoms with Gasteiger partial charge in [0.15, 0.2) is 0 Å². The van der Waals surface area contributed by atoms with Crippen LogP contribution in [-0.4, -0.2) is 23.5 Å². The van der Waals surface area contributed by atoms with Crippen LogP contribution in [0.25, 0.3) is 0 Å². The van der Waals surface area contributed by atoms with Crippen molar-refractivity contribution >= 4 is 23.2 Å². The van der Waals surface area contributed by atoms with Crippen LogP contribution >= 0.6 is 11.3 Å². The van der Waals surface area contributed by atoms with Gasteiger partial charge in [-0.3, -0.25) is 4.79 Å². The van der Waals surface area contributed by atoms with E-state index in [4.69, 9.17) is 5.11 Å². The Labute approximate surface area is 104 Å². The first-order valence-electron chi connectivity index (χ1n) is 5.78. The SMILES string of the molecule is O=C(O)c1ccc(C(=O)NCCCC2CC2)s1. The Hall–Kier alpha value is -1.36. The zero-order chi connectivity index (χ0) is 12.3. The minimum Gasteiger partial charge on any atom is -0.477 e. The number of carboxylic acid groups (broad SMARTS) is 1. The van der Waals surface area contributed by atoms with Crippen LogP contribution in [0.3, 0.4) is 0 Å². The number of carbonyl (C=O) groups is 2. The van der Waals surface area contributed by atoms with Crippen molar-refractivity contribution in [3.8, 4) is 0 Å². The molecule has 0 bridgehead atoms. The molecule has 1 aromatic heterocycles. The van der Waals surface area contributed by atoms with Crippen molar-refractivity contribution in [2.24, 2.45) is 5.92 Å². The van der Waals surface area contributed by atoms with Crippen molar-refractivity contribution in [2.75, 3.05) is 6.54 Å². The summed E-state index contributed by atoms with van der Waals surface area (Å²) >= 11 is 1.01. The molecule has 0 spiro atoms. The zero-order valence-corrected chi connectivity index (χ0v) is 10.3. The summed E-state index contributed by atoms with van der Waals surface area (Å²) in [6.45, 7) is 0.676. The quantitative estimate of drug-likeness (QED) is 0.765. The predicted octanol–water partition coefficient (Wildman–Crippen LogP) is 2.37. The molecule has 4 nitrogen and oxygen atoms in total. The highest BCUT2D eigenvalue weighted by Crippen LogP contribution is 2.33. The van der Waals surface area contributed by atoms with Crippen LogP contribution in [0.2, 0.25) is 0 Å². The molecule has 1 aliphatic rings. The molecule has 0 aliphatic heterocycles. The van der Waals surface area contributed by atoms with Gasteiger partial charge in [0.25, 0.3) is 5.91 Å². The monoisotopic (exact) mass is 253 g/mol. The number of aromatic carboxylic acids is 1. The summed E-state index contributed by atoms with van der Waals surface area (Å²) in [6, 6.07) is 3.02. The van der Waals surface area contributed by atoms with E-state index >= 15 is 0 Å². The molecule has 2 N–H and O–H groups in total. The highest BCUT2D eigenvalue weighted by molar-refractivity contribution is 7.15. The average Bonchev–Trinajstić information content (AvgIpc) is 2.97. The molecule has 1 aliphatic carbocycles. The largest absolute Gasteiger partial charge is 0.477 e. The molecule has 1 amide bonds. The number of rotatable bonds is 6. The molecule has 1 fully saturated rings. The van der Waals surface area contributed by atoms with Crippen molar-refractivity contribution in [1.82, 2.24) is 5.32 Å². The Balaban J connectivity index is 1.75. The van der Waals surface area contributed by atoms with E-state index in [1.165, 1.54) is 25.3 Å². The van der Waals surface area contributed by atoms with E-state index in [2.05, 4.69) is 5.32 Å². The molecule has 0 unspecified atom stereocenters. The standard InChI is InChI=1S/C12H15NO3S/c14-11(13-7-1-2-8-3-4-8)9-5-6-10(17-9)12(15)16/h5-6,8H,1-4,7H2,(H,13,14)(H,15,16). The number of nitrogens with one attached hydrogen (secondary N) is 1. The van der Waals surface area contributed by atoms with Gasteiger partial charge in [-0.2, -0.15) is 0 Å². The maximum Gasteiger partial charge on any atom is 0.345 e. The molecule has 0 radical (unpaired) electrons. The van der Waals surface area contributed by atoms with E-state index in [9.17, 15) is 9.59 Å². The fourth-order valence-electron chi connectivity index (χ4n) is 1.66. The molecule has 0 atom stereocenters. The number of hydrogen-bond acceptors (Lipinski definition) is 3. The minimum absolute atomic E-state index is 0.168. The van der Waals surface area contributed by atoms with Crippen molar-refractivity contribution in [3.63, 3.8) is 0 Å². The van der Waals surface area contributed by atoms with E-state index in [1.807, 2.05) is 0 Å². The number of amides is 1. The summed E-state index contributed by atoms with van der Waals surface area (Å²) in [5, 5.41) is 11.6. The van der Waals surface area contributed by atoms with Crippen molar-refractivity contribution in [2.45, 2.75) is 25.7 Å². The van der Waals surface area contributed by atoms with Crippen LogP contribution in [0.5, 0.6) is 0 Å². The Morgan fingerprint density at radius 3 is 2.65 bits per heavy atom. The highest BCUT2D eigenvalue weighted by Gasteiger charge is 2.20. The van der Waals surface area contributed by atoms with E-state index in [0.29, 0.717) is 11.4 Å². The second kappa shape index (κ2) is 5.31. The first-order valence-corrected chi connectivity index (χ1v) is 6.60. The first-order chi connectivity index (χ1) is 8.16. The minimum atomic E-state index is -0.984. The Kier molecular flexibility index (Phi) is 3.78. The number of carboxylic acids is 1. The molecule has 0 aromatic carbocycles. The van der Waals surface area contributed by atoms with Gasteiger partial charge < -0.3 is 10.4 Å². The molecule has 1 aromatic rings. The van der Waals surface area contributed by atoms with Gasteiger partial charge in [-0.15, -0.1) is 11.3 Å². The zero-order valence-electron chi connectivity index (χ0n) is 9.44. The maximum atomic E-state index is 11.6. The summed E-state index contributed by atoms with van der Waals surface area (Å²) in [5.74, 6) is -0.270. The van der Waals surface area contributed by atoms with Crippen molar-refractivity contribution < 1.29 is 14.7 Å². The van der Waals surface area contributed by atoms with Crippen LogP contribution in [0.1, 0.15) is 45.0 Å². The molecular formula is C12H15NO3S. The highest BCUT2D eigenvalue weighted by atomic mass is 32.1. The Morgan fingerprint density at radius 2 is 2.06 bits per heavy atom. The molecule has 1 heterocycles. The molecule has 92 valence electrons. The van der Waals surface area contributed by atoms with Crippen LogP contribution in [0.4, 0.5) is 0 Å². The van der Waals surface area contributed by atoms with E-state index in [-0.39, 0.29) is 10.8 Å². The van der Waals surface area contributed by atoms with Gasteiger partial charge in [0.05, 0.1) is 4.88 Å². The molecular weight excluding hydrogens is 238 g/mol. The summed E-state index contributed by atoms with van der Waals surface area (Å²) in [4.78, 5) is 23.0. The second-order valence-corrected chi connectivity index (χ2v) is 5.39. The molecule has 2 rings (SSSR count). The molecule has 17 heavy (non-hydrogen) atoms. The van der Waals surface area contributed by atoms with E-state index in [0.717, 1.165) is 23.7 Å². The lowest BCUT2D eigenvalue weighted by molar-refractivity contribution is 0.0702. The number of hydrogen-bond donors (Lipinski definition) is 2. The maximum absolute atomic E-state index is 11.6. The van der Waals surface area contributed by atoms with Crippen LogP contribution < -0.4 is 5.32 Å². The molecule has 0 saturated heterocycles. The Bertz CT molecular complexity index is 423. The van der Waals surface area contributed by atoms with Crippen LogP contribution in [0, 0.1) is 5.92 Å². The Morgan fingerprint density at radius 1 is 1.35 bits per heavy atom. The normalized spacial score (nSPS) is 14.6. The van der Waals surface area contributed by atoms with Gasteiger partial charge >= 0.3 is 5.97 Å².